The fourth-order valence-electron chi connectivity index (χ4n) is 2.58. The van der Waals surface area contributed by atoms with Crippen LogP contribution in [0.3, 0.4) is 0 Å². The highest BCUT2D eigenvalue weighted by Gasteiger charge is 2.33. The van der Waals surface area contributed by atoms with Crippen molar-refractivity contribution in [2.24, 2.45) is 0 Å². The van der Waals surface area contributed by atoms with E-state index in [0.717, 1.165) is 19.3 Å². The van der Waals surface area contributed by atoms with Gasteiger partial charge in [0.1, 0.15) is 0 Å². The van der Waals surface area contributed by atoms with Gasteiger partial charge in [-0.2, -0.15) is 0 Å². The molecule has 0 unspecified atom stereocenters. The number of carbonyl (C=O) groups is 1. The van der Waals surface area contributed by atoms with Crippen molar-refractivity contribution in [1.29, 1.82) is 0 Å². The number of hydrogen-bond acceptors (Lipinski definition) is 3. The molecule has 1 aromatic carbocycles. The Morgan fingerprint density at radius 3 is 2.71 bits per heavy atom. The molecule has 0 aromatic heterocycles. The van der Waals surface area contributed by atoms with Crippen molar-refractivity contribution in [1.82, 2.24) is 0 Å². The molecule has 116 valence electrons. The summed E-state index contributed by atoms with van der Waals surface area (Å²) in [4.78, 5) is 12.0. The first-order valence-electron chi connectivity index (χ1n) is 7.58. The van der Waals surface area contributed by atoms with E-state index in [9.17, 15) is 4.79 Å². The molecule has 1 aromatic rings. The molecule has 3 nitrogen and oxygen atoms in total. The van der Waals surface area contributed by atoms with E-state index in [1.807, 2.05) is 32.0 Å². The van der Waals surface area contributed by atoms with E-state index in [0.29, 0.717) is 6.42 Å². The van der Waals surface area contributed by atoms with Gasteiger partial charge in [-0.15, -0.1) is 11.6 Å². The van der Waals surface area contributed by atoms with Gasteiger partial charge in [-0.1, -0.05) is 30.3 Å². The summed E-state index contributed by atoms with van der Waals surface area (Å²) in [5.41, 5.74) is 1.28. The summed E-state index contributed by atoms with van der Waals surface area (Å²) < 4.78 is 11.1. The van der Waals surface area contributed by atoms with Crippen LogP contribution in [0.2, 0.25) is 0 Å². The molecule has 0 amide bonds. The van der Waals surface area contributed by atoms with Crippen LogP contribution in [0, 0.1) is 0 Å². The summed E-state index contributed by atoms with van der Waals surface area (Å²) in [6.45, 7) is 3.68. The summed E-state index contributed by atoms with van der Waals surface area (Å²) in [6.07, 6.45) is 2.50. The standard InChI is InChI=1S/C17H23ClO3/c1-12(2)20-17(19)16-11-14(18)10-15(21-16)9-8-13-6-4-3-5-7-13/h3-7,12,14-16H,8-11H2,1-2H3/t14-,15+,16-/m1/s1. The Morgan fingerprint density at radius 2 is 2.05 bits per heavy atom. The van der Waals surface area contributed by atoms with Gasteiger partial charge in [-0.25, -0.2) is 4.79 Å². The third kappa shape index (κ3) is 5.33. The fraction of sp³-hybridized carbons (Fsp3) is 0.588. The van der Waals surface area contributed by atoms with Crippen molar-refractivity contribution in [2.45, 2.75) is 63.2 Å². The van der Waals surface area contributed by atoms with Crippen LogP contribution in [0.4, 0.5) is 0 Å². The molecule has 1 aliphatic heterocycles. The molecule has 2 rings (SSSR count). The van der Waals surface area contributed by atoms with Crippen LogP contribution in [-0.2, 0) is 20.7 Å². The van der Waals surface area contributed by atoms with Crippen LogP contribution in [-0.4, -0.2) is 29.7 Å². The zero-order valence-corrected chi connectivity index (χ0v) is 13.4. The van der Waals surface area contributed by atoms with Gasteiger partial charge < -0.3 is 9.47 Å². The molecule has 0 N–H and O–H groups in total. The lowest BCUT2D eigenvalue weighted by atomic mass is 9.98. The highest BCUT2D eigenvalue weighted by Crippen LogP contribution is 2.27. The van der Waals surface area contributed by atoms with Crippen LogP contribution in [0.15, 0.2) is 30.3 Å². The molecule has 1 heterocycles. The maximum Gasteiger partial charge on any atom is 0.335 e. The van der Waals surface area contributed by atoms with Crippen LogP contribution in [0.1, 0.15) is 38.7 Å². The molecule has 1 aliphatic rings. The molecule has 1 fully saturated rings. The number of halogens is 1. The van der Waals surface area contributed by atoms with Gasteiger partial charge in [-0.05, 0) is 38.7 Å². The summed E-state index contributed by atoms with van der Waals surface area (Å²) in [6, 6.07) is 10.3. The number of benzene rings is 1. The van der Waals surface area contributed by atoms with Gasteiger partial charge in [0.05, 0.1) is 12.2 Å². The van der Waals surface area contributed by atoms with E-state index < -0.39 is 6.10 Å². The minimum atomic E-state index is -0.524. The maximum atomic E-state index is 12.0. The number of ether oxygens (including phenoxy) is 2. The summed E-state index contributed by atoms with van der Waals surface area (Å²) >= 11 is 6.28. The Morgan fingerprint density at radius 1 is 1.33 bits per heavy atom. The van der Waals surface area contributed by atoms with Crippen LogP contribution < -0.4 is 0 Å². The van der Waals surface area contributed by atoms with Gasteiger partial charge in [0.25, 0.3) is 0 Å². The number of carbonyl (C=O) groups excluding carboxylic acids is 1. The second kappa shape index (κ2) is 7.81. The number of hydrogen-bond donors (Lipinski definition) is 0. The van der Waals surface area contributed by atoms with Gasteiger partial charge in [0.2, 0.25) is 0 Å². The van der Waals surface area contributed by atoms with E-state index in [2.05, 4.69) is 12.1 Å². The highest BCUT2D eigenvalue weighted by molar-refractivity contribution is 6.20. The monoisotopic (exact) mass is 310 g/mol. The minimum Gasteiger partial charge on any atom is -0.461 e. The van der Waals surface area contributed by atoms with Crippen molar-refractivity contribution in [3.63, 3.8) is 0 Å². The van der Waals surface area contributed by atoms with E-state index in [4.69, 9.17) is 21.1 Å². The Labute approximate surface area is 131 Å². The Bertz CT molecular complexity index is 447. The SMILES string of the molecule is CC(C)OC(=O)[C@H]1C[C@H](Cl)C[C@H](CCc2ccccc2)O1. The highest BCUT2D eigenvalue weighted by atomic mass is 35.5. The van der Waals surface area contributed by atoms with Gasteiger partial charge >= 0.3 is 5.97 Å². The van der Waals surface area contributed by atoms with Crippen LogP contribution >= 0.6 is 11.6 Å². The molecule has 0 bridgehead atoms. The van der Waals surface area contributed by atoms with Crippen LogP contribution in [0.25, 0.3) is 0 Å². The minimum absolute atomic E-state index is 0.0196. The first-order valence-corrected chi connectivity index (χ1v) is 8.02. The summed E-state index contributed by atoms with van der Waals surface area (Å²) in [5, 5.41) is -0.0239. The molecule has 0 spiro atoms. The lowest BCUT2D eigenvalue weighted by Gasteiger charge is -2.32. The lowest BCUT2D eigenvalue weighted by molar-refractivity contribution is -0.169. The first kappa shape index (κ1) is 16.3. The van der Waals surface area contributed by atoms with Crippen LogP contribution in [0.5, 0.6) is 0 Å². The Hall–Kier alpha value is -1.06. The topological polar surface area (TPSA) is 35.5 Å². The second-order valence-corrected chi connectivity index (χ2v) is 6.44. The number of alkyl halides is 1. The van der Waals surface area contributed by atoms with Gasteiger partial charge in [0.15, 0.2) is 6.10 Å². The quantitative estimate of drug-likeness (QED) is 0.614. The molecule has 3 atom stereocenters. The van der Waals surface area contributed by atoms with E-state index in [-0.39, 0.29) is 23.6 Å². The average molecular weight is 311 g/mol. The Balaban J connectivity index is 1.87. The van der Waals surface area contributed by atoms with Gasteiger partial charge in [0, 0.05) is 11.8 Å². The fourth-order valence-corrected chi connectivity index (χ4v) is 2.94. The largest absolute Gasteiger partial charge is 0.461 e. The van der Waals surface area contributed by atoms with E-state index in [1.54, 1.807) is 0 Å². The van der Waals surface area contributed by atoms with Crippen molar-refractivity contribution in [3.05, 3.63) is 35.9 Å². The lowest BCUT2D eigenvalue weighted by Crippen LogP contribution is -2.40. The number of esters is 1. The van der Waals surface area contributed by atoms with Crippen molar-refractivity contribution in [3.8, 4) is 0 Å². The normalized spacial score (nSPS) is 25.8. The zero-order chi connectivity index (χ0) is 15.2. The molecule has 0 radical (unpaired) electrons. The van der Waals surface area contributed by atoms with E-state index >= 15 is 0 Å². The predicted octanol–water partition coefficient (Wildman–Crippen LogP) is 3.73. The molecular weight excluding hydrogens is 288 g/mol. The first-order chi connectivity index (χ1) is 10.0. The van der Waals surface area contributed by atoms with Crippen molar-refractivity contribution >= 4 is 17.6 Å². The molecule has 4 heteroatoms. The average Bonchev–Trinajstić information content (AvgIpc) is 2.45. The molecule has 0 saturated carbocycles. The summed E-state index contributed by atoms with van der Waals surface area (Å²) in [5.74, 6) is -0.292. The maximum absolute atomic E-state index is 12.0. The Kier molecular flexibility index (Phi) is 6.07. The van der Waals surface area contributed by atoms with E-state index in [1.165, 1.54) is 5.56 Å². The predicted molar refractivity (Wildman–Crippen MR) is 83.5 cm³/mol. The smallest absolute Gasteiger partial charge is 0.335 e. The van der Waals surface area contributed by atoms with Crippen molar-refractivity contribution < 1.29 is 14.3 Å². The third-order valence-electron chi connectivity index (χ3n) is 3.56. The molecule has 21 heavy (non-hydrogen) atoms. The second-order valence-electron chi connectivity index (χ2n) is 5.83. The number of rotatable bonds is 5. The number of aryl methyl sites for hydroxylation is 1. The molecular formula is C17H23ClO3. The summed E-state index contributed by atoms with van der Waals surface area (Å²) in [7, 11) is 0. The molecule has 1 saturated heterocycles. The molecule has 0 aliphatic carbocycles. The van der Waals surface area contributed by atoms with Gasteiger partial charge in [-0.3, -0.25) is 0 Å². The van der Waals surface area contributed by atoms with Crippen molar-refractivity contribution in [2.75, 3.05) is 0 Å². The third-order valence-corrected chi connectivity index (χ3v) is 3.91. The zero-order valence-electron chi connectivity index (χ0n) is 12.6.